The van der Waals surface area contributed by atoms with Crippen molar-refractivity contribution in [1.82, 2.24) is 34.6 Å². The zero-order valence-electron chi connectivity index (χ0n) is 107. The van der Waals surface area contributed by atoms with Crippen LogP contribution in [0.5, 0.6) is 0 Å². The molecule has 850 valence electrons. The molecule has 18 rings (SSSR count). The number of nitrogens with zero attached hydrogens (tertiary/aromatic N) is 8. The molecule has 0 radical (unpaired) electrons. The topological polar surface area (TPSA) is 64.5 Å². The maximum absolute atomic E-state index is 4.27. The molecule has 5 aliphatic rings. The highest BCUT2D eigenvalue weighted by Gasteiger charge is 2.29. The fraction of sp³-hybridized carbons (Fsp3) is 0.565. The van der Waals surface area contributed by atoms with Gasteiger partial charge in [0.1, 0.15) is 5.82 Å². The molecule has 0 amide bonds. The maximum atomic E-state index is 4.27. The van der Waals surface area contributed by atoms with E-state index in [1.165, 1.54) is 201 Å². The SMILES string of the molecule is CC.CC.CC.CC.CC.CC.CC.CC.CC.CC.CC.CC.CC.CC.CC.CC.CC1CCC(C2CCC(C)CC2)CC1.CN1CCN(C)CC1.Cc1ccc(-c2c(C)sc3c(C)c(C)sc23)cc1.Cc1ccc(-c2cnc(C)nc2)cc1.Cc1ccc(-c2ncc(C)cn2)cc1.Cc1ccc(C2CCC(C)CC2)cc1.Cc1ccc(N2CCN(C)CC2)cc1.Cc1ccc2cc(C)sc2c1.Cc1ccc2sc(C)cc2c1. The van der Waals surface area contributed by atoms with Crippen LogP contribution in [-0.2, 0) is 0 Å². The number of likely N-dealkylation sites (N-methyl/N-ethyl adjacent to an activating group) is 3. The van der Waals surface area contributed by atoms with Crippen LogP contribution in [0.4, 0.5) is 5.69 Å². The number of anilines is 1. The van der Waals surface area contributed by atoms with Crippen LogP contribution in [-0.4, -0.2) is 108 Å². The van der Waals surface area contributed by atoms with E-state index in [0.29, 0.717) is 0 Å². The van der Waals surface area contributed by atoms with Gasteiger partial charge in [-0.2, -0.15) is 0 Å². The Balaban J connectivity index is -0.000000297. The molecule has 0 N–H and O–H groups in total. The summed E-state index contributed by atoms with van der Waals surface area (Å²) in [6.07, 6.45) is 25.2. The zero-order valence-corrected chi connectivity index (χ0v) is 111. The maximum Gasteiger partial charge on any atom is 0.159 e. The van der Waals surface area contributed by atoms with Crippen LogP contribution in [0.3, 0.4) is 0 Å². The number of rotatable bonds is 6. The number of piperazine rings is 2. The first-order valence-corrected chi connectivity index (χ1v) is 63.1. The molecule has 8 nitrogen and oxygen atoms in total. The van der Waals surface area contributed by atoms with Gasteiger partial charge in [0.25, 0.3) is 0 Å². The Morgan fingerprint density at radius 2 is 0.560 bits per heavy atom. The molecule has 2 aliphatic heterocycles. The Hall–Kier alpha value is -8.04. The lowest BCUT2D eigenvalue weighted by Crippen LogP contribution is -2.44. The second-order valence-electron chi connectivity index (χ2n) is 35.1. The molecule has 150 heavy (non-hydrogen) atoms. The van der Waals surface area contributed by atoms with Crippen LogP contribution in [0.1, 0.15) is 406 Å². The Bertz CT molecular complexity index is 4730. The minimum atomic E-state index is 0.788. The predicted molar refractivity (Wildman–Crippen MR) is 702 cm³/mol. The first-order chi connectivity index (χ1) is 72.6. The molecule has 5 fully saturated rings. The van der Waals surface area contributed by atoms with E-state index in [4.69, 9.17) is 0 Å². The van der Waals surface area contributed by atoms with Crippen LogP contribution in [0.2, 0.25) is 0 Å². The third kappa shape index (κ3) is 63.7. The second-order valence-corrected chi connectivity index (χ2v) is 40.1. The average Bonchev–Trinajstić information content (AvgIpc) is 1.61. The molecule has 2 saturated heterocycles. The van der Waals surface area contributed by atoms with Gasteiger partial charge in [-0.05, 0) is 273 Å². The lowest BCUT2D eigenvalue weighted by Gasteiger charge is -2.36. The summed E-state index contributed by atoms with van der Waals surface area (Å²) in [6.45, 7) is 111. The highest BCUT2D eigenvalue weighted by Crippen LogP contribution is 2.46. The van der Waals surface area contributed by atoms with Gasteiger partial charge in [0, 0.05) is 133 Å². The quantitative estimate of drug-likeness (QED) is 0.163. The van der Waals surface area contributed by atoms with Crippen molar-refractivity contribution in [3.05, 3.63) is 276 Å². The summed E-state index contributed by atoms with van der Waals surface area (Å²) < 4.78 is 5.75. The highest BCUT2D eigenvalue weighted by molar-refractivity contribution is 7.29. The molecule has 13 aromatic rings. The van der Waals surface area contributed by atoms with E-state index < -0.39 is 0 Å². The number of hydrogen-bond donors (Lipinski definition) is 0. The number of benzene rings is 7. The average molecular weight is 2130 g/mol. The molecule has 0 unspecified atom stereocenters. The van der Waals surface area contributed by atoms with E-state index in [0.717, 1.165) is 82.5 Å². The van der Waals surface area contributed by atoms with E-state index in [1.54, 1.807) is 31.2 Å². The van der Waals surface area contributed by atoms with Crippen molar-refractivity contribution in [2.75, 3.05) is 78.4 Å². The fourth-order valence-electron chi connectivity index (χ4n) is 16.1. The summed E-state index contributed by atoms with van der Waals surface area (Å²) in [6, 6.07) is 61.1. The summed E-state index contributed by atoms with van der Waals surface area (Å²) in [5, 5.41) is 2.76. The molecule has 12 heteroatoms. The van der Waals surface area contributed by atoms with Crippen molar-refractivity contribution in [3.8, 4) is 33.6 Å². The van der Waals surface area contributed by atoms with Crippen LogP contribution >= 0.6 is 45.3 Å². The van der Waals surface area contributed by atoms with Crippen molar-refractivity contribution in [2.45, 2.75) is 422 Å². The Kier molecular flexibility index (Phi) is 104. The third-order valence-corrected chi connectivity index (χ3v) is 29.0. The highest BCUT2D eigenvalue weighted by atomic mass is 32.1. The zero-order chi connectivity index (χ0) is 116. The van der Waals surface area contributed by atoms with Crippen molar-refractivity contribution in [1.29, 1.82) is 0 Å². The van der Waals surface area contributed by atoms with Gasteiger partial charge in [0.05, 0.1) is 4.70 Å². The Labute approximate surface area is 947 Å². The predicted octanol–water partition coefficient (Wildman–Crippen LogP) is 45.4. The lowest BCUT2D eigenvalue weighted by molar-refractivity contribution is 0.155. The lowest BCUT2D eigenvalue weighted by atomic mass is 9.70. The molecule has 3 saturated carbocycles. The number of aryl methyl sites for hydroxylation is 14. The van der Waals surface area contributed by atoms with E-state index in [1.807, 2.05) is 318 Å². The smallest absolute Gasteiger partial charge is 0.159 e. The Morgan fingerprint density at radius 1 is 0.247 bits per heavy atom. The third-order valence-electron chi connectivity index (χ3n) is 24.3. The molecular weight excluding hydrogens is 1900 g/mol. The van der Waals surface area contributed by atoms with Gasteiger partial charge in [-0.1, -0.05) is 448 Å². The van der Waals surface area contributed by atoms with Gasteiger partial charge in [-0.3, -0.25) is 0 Å². The molecule has 0 atom stereocenters. The van der Waals surface area contributed by atoms with Crippen LogP contribution in [0.15, 0.2) is 195 Å². The van der Waals surface area contributed by atoms with Crippen molar-refractivity contribution in [3.63, 3.8) is 0 Å². The minimum Gasteiger partial charge on any atom is -0.369 e. The van der Waals surface area contributed by atoms with Gasteiger partial charge < -0.3 is 19.6 Å². The van der Waals surface area contributed by atoms with E-state index in [-0.39, 0.29) is 0 Å². The van der Waals surface area contributed by atoms with Gasteiger partial charge in [-0.25, -0.2) is 19.9 Å². The first-order valence-electron chi connectivity index (χ1n) is 59.8. The number of aromatic nitrogens is 4. The van der Waals surface area contributed by atoms with Gasteiger partial charge in [0.2, 0.25) is 0 Å². The summed E-state index contributed by atoms with van der Waals surface area (Å²) >= 11 is 7.60. The standard InChI is InChI=1S/C16H16S2.C14H26.C14H20.C12H18N2.2C12H12N2.2C10H10S.C6H14N2.16C2H6/c1-9-5-7-13(8-6-9)14-12(4)18-15-10(2)11(3)17-16(14)15;2*1-11-3-7-13(8-4-11)14-9-5-12(2)6-10-14;1-11-3-5-12(6-4-11)14-9-7-13(2)8-10-14;1-9-3-5-11(6-4-9)12-7-13-10(2)14-8-12;1-9-3-5-11(6-4-9)12-13-7-10(2)8-14-12;1-7-3-4-10-9(5-7)6-8(2)11-10;1-7-3-4-9-6-8(2)11-10(9)5-7;1-7-3-5-8(2)6-4-7;16*1-2/h5-8H,1-4H3;11-14H,3-10H2,1-2H3;3-4,7-8,12,14H,5-6,9-10H2,1-2H3;3-6H,7-10H2,1-2H3;2*3-8H,1-2H3;2*3-6H,1-2H3;3-6H2,1-2H3;16*1-2H3. The number of thiophene rings is 4. The fourth-order valence-corrected chi connectivity index (χ4v) is 20.7. The first kappa shape index (κ1) is 155. The minimum absolute atomic E-state index is 0.788. The van der Waals surface area contributed by atoms with E-state index in [2.05, 4.69) is 322 Å². The Morgan fingerprint density at radius 3 is 0.953 bits per heavy atom. The van der Waals surface area contributed by atoms with E-state index >= 15 is 0 Å². The monoisotopic (exact) mass is 2130 g/mol. The van der Waals surface area contributed by atoms with Crippen molar-refractivity contribution in [2.24, 2.45) is 29.6 Å². The molecule has 8 heterocycles. The summed E-state index contributed by atoms with van der Waals surface area (Å²) in [5.74, 6) is 7.65. The normalized spacial score (nSPS) is 15.4. The van der Waals surface area contributed by atoms with Gasteiger partial charge in [0.15, 0.2) is 5.82 Å². The molecule has 3 aliphatic carbocycles. The van der Waals surface area contributed by atoms with E-state index in [9.17, 15) is 0 Å². The summed E-state index contributed by atoms with van der Waals surface area (Å²) in [7, 11) is 6.53. The molecule has 6 aromatic heterocycles. The van der Waals surface area contributed by atoms with Gasteiger partial charge >= 0.3 is 0 Å². The largest absolute Gasteiger partial charge is 0.369 e. The molecule has 0 spiro atoms. The summed E-state index contributed by atoms with van der Waals surface area (Å²) in [5.41, 5.74) is 20.8. The molecule has 0 bridgehead atoms. The van der Waals surface area contributed by atoms with Crippen LogP contribution < -0.4 is 4.90 Å². The van der Waals surface area contributed by atoms with Gasteiger partial charge in [-0.15, -0.1) is 45.3 Å². The number of hydrogen-bond acceptors (Lipinski definition) is 12. The van der Waals surface area contributed by atoms with Crippen LogP contribution in [0, 0.1) is 127 Å². The van der Waals surface area contributed by atoms with Crippen molar-refractivity contribution >= 4 is 80.6 Å². The molecule has 7 aromatic carbocycles. The van der Waals surface area contributed by atoms with Crippen molar-refractivity contribution < 1.29 is 0 Å². The summed E-state index contributed by atoms with van der Waals surface area (Å²) in [4.78, 5) is 32.1. The number of fused-ring (bicyclic) bond motifs is 3. The molecular formula is C138H234N8S4. The second kappa shape index (κ2) is 100. The van der Waals surface area contributed by atoms with Crippen LogP contribution in [0.25, 0.3) is 63.2 Å².